The van der Waals surface area contributed by atoms with Gasteiger partial charge in [0.25, 0.3) is 0 Å². The molecule has 25 heavy (non-hydrogen) atoms. The van der Waals surface area contributed by atoms with Crippen LogP contribution in [0, 0.1) is 13.8 Å². The first-order valence-electron chi connectivity index (χ1n) is 7.56. The second-order valence-corrected chi connectivity index (χ2v) is 5.89. The molecule has 0 aliphatic heterocycles. The summed E-state index contributed by atoms with van der Waals surface area (Å²) in [6.07, 6.45) is -4.55. The molecule has 0 saturated heterocycles. The summed E-state index contributed by atoms with van der Waals surface area (Å²) in [4.78, 5) is 12.2. The Kier molecular flexibility index (Phi) is 4.24. The predicted molar refractivity (Wildman–Crippen MR) is 87.3 cm³/mol. The van der Waals surface area contributed by atoms with Crippen molar-refractivity contribution < 1.29 is 22.5 Å². The number of halogens is 3. The van der Waals surface area contributed by atoms with Gasteiger partial charge in [-0.3, -0.25) is 4.79 Å². The normalized spacial score (nSPS) is 11.7. The maximum Gasteiger partial charge on any atom is 0.416 e. The van der Waals surface area contributed by atoms with Crippen molar-refractivity contribution in [2.75, 3.05) is 5.32 Å². The number of hydrogen-bond acceptors (Lipinski definition) is 3. The van der Waals surface area contributed by atoms with Crippen molar-refractivity contribution in [2.24, 2.45) is 0 Å². The Hall–Kier alpha value is -2.83. The monoisotopic (exact) mass is 348 g/mol. The molecular formula is C18H15F3N2O2. The van der Waals surface area contributed by atoms with Crippen LogP contribution in [-0.2, 0) is 17.4 Å². The van der Waals surface area contributed by atoms with Crippen molar-refractivity contribution in [3.05, 3.63) is 58.8 Å². The highest BCUT2D eigenvalue weighted by Crippen LogP contribution is 2.31. The van der Waals surface area contributed by atoms with E-state index in [4.69, 9.17) is 4.52 Å². The number of aromatic nitrogens is 1. The van der Waals surface area contributed by atoms with Crippen LogP contribution < -0.4 is 5.32 Å². The van der Waals surface area contributed by atoms with Crippen LogP contribution in [0.2, 0.25) is 0 Å². The van der Waals surface area contributed by atoms with Crippen molar-refractivity contribution in [1.29, 1.82) is 0 Å². The van der Waals surface area contributed by atoms with Gasteiger partial charge in [-0.05, 0) is 49.2 Å². The van der Waals surface area contributed by atoms with Gasteiger partial charge >= 0.3 is 6.18 Å². The maximum atomic E-state index is 12.7. The number of fused-ring (bicyclic) bond motifs is 1. The molecule has 2 aromatic carbocycles. The molecule has 0 fully saturated rings. The smallest absolute Gasteiger partial charge is 0.356 e. The van der Waals surface area contributed by atoms with Gasteiger partial charge in [-0.2, -0.15) is 13.2 Å². The molecule has 0 aliphatic carbocycles. The quantitative estimate of drug-likeness (QED) is 0.750. The van der Waals surface area contributed by atoms with Gasteiger partial charge in [0.2, 0.25) is 5.91 Å². The van der Waals surface area contributed by atoms with Crippen LogP contribution in [0.4, 0.5) is 18.9 Å². The van der Waals surface area contributed by atoms with Crippen LogP contribution in [0.3, 0.4) is 0 Å². The minimum atomic E-state index is -4.46. The summed E-state index contributed by atoms with van der Waals surface area (Å²) in [5, 5.41) is 7.14. The van der Waals surface area contributed by atoms with E-state index in [1.165, 1.54) is 12.1 Å². The van der Waals surface area contributed by atoms with E-state index in [0.29, 0.717) is 11.3 Å². The molecule has 7 heteroatoms. The molecule has 1 amide bonds. The van der Waals surface area contributed by atoms with Gasteiger partial charge in [-0.15, -0.1) is 0 Å². The van der Waals surface area contributed by atoms with Gasteiger partial charge < -0.3 is 9.84 Å². The molecule has 0 spiro atoms. The van der Waals surface area contributed by atoms with Crippen molar-refractivity contribution >= 4 is 22.6 Å². The SMILES string of the molecule is Cc1cc(C)c2c(CC(=O)Nc3cccc(C(F)(F)F)c3)noc2c1. The molecular weight excluding hydrogens is 333 g/mol. The first-order chi connectivity index (χ1) is 11.7. The third-order valence-corrected chi connectivity index (χ3v) is 3.79. The zero-order valence-corrected chi connectivity index (χ0v) is 13.6. The van der Waals surface area contributed by atoms with Gasteiger partial charge in [0.15, 0.2) is 5.58 Å². The van der Waals surface area contributed by atoms with Gasteiger partial charge in [0.1, 0.15) is 5.69 Å². The Bertz CT molecular complexity index is 945. The second kappa shape index (κ2) is 6.23. The summed E-state index contributed by atoms with van der Waals surface area (Å²) in [6, 6.07) is 8.27. The lowest BCUT2D eigenvalue weighted by Gasteiger charge is -2.09. The van der Waals surface area contributed by atoms with E-state index in [1.807, 2.05) is 26.0 Å². The number of hydrogen-bond donors (Lipinski definition) is 1. The fourth-order valence-corrected chi connectivity index (χ4v) is 2.77. The molecule has 1 aromatic heterocycles. The molecule has 0 unspecified atom stereocenters. The Morgan fingerprint density at radius 3 is 2.68 bits per heavy atom. The van der Waals surface area contributed by atoms with Crippen molar-refractivity contribution in [2.45, 2.75) is 26.4 Å². The zero-order valence-electron chi connectivity index (χ0n) is 13.6. The molecule has 1 heterocycles. The largest absolute Gasteiger partial charge is 0.416 e. The van der Waals surface area contributed by atoms with Crippen molar-refractivity contribution in [3.8, 4) is 0 Å². The molecule has 4 nitrogen and oxygen atoms in total. The number of nitrogens with one attached hydrogen (secondary N) is 1. The van der Waals surface area contributed by atoms with E-state index in [1.54, 1.807) is 0 Å². The summed E-state index contributed by atoms with van der Waals surface area (Å²) < 4.78 is 43.4. The average molecular weight is 348 g/mol. The second-order valence-electron chi connectivity index (χ2n) is 5.89. The average Bonchev–Trinajstić information content (AvgIpc) is 2.89. The standard InChI is InChI=1S/C18H15F3N2O2/c1-10-6-11(2)17-14(23-25-15(17)7-10)9-16(24)22-13-5-3-4-12(8-13)18(19,20)21/h3-8H,9H2,1-2H3,(H,22,24). The molecule has 130 valence electrons. The lowest BCUT2D eigenvalue weighted by molar-refractivity contribution is -0.137. The summed E-state index contributed by atoms with van der Waals surface area (Å²) in [5.74, 6) is -0.463. The van der Waals surface area contributed by atoms with Gasteiger partial charge in [-0.25, -0.2) is 0 Å². The van der Waals surface area contributed by atoms with E-state index < -0.39 is 17.6 Å². The third kappa shape index (κ3) is 3.65. The number of amides is 1. The molecule has 0 radical (unpaired) electrons. The number of carbonyl (C=O) groups is 1. The van der Waals surface area contributed by atoms with Gasteiger partial charge in [-0.1, -0.05) is 17.3 Å². The number of alkyl halides is 3. The number of anilines is 1. The maximum absolute atomic E-state index is 12.7. The molecule has 3 rings (SSSR count). The summed E-state index contributed by atoms with van der Waals surface area (Å²) in [6.45, 7) is 3.82. The summed E-state index contributed by atoms with van der Waals surface area (Å²) >= 11 is 0. The van der Waals surface area contributed by atoms with Gasteiger partial charge in [0, 0.05) is 11.1 Å². The number of benzene rings is 2. The molecule has 3 aromatic rings. The van der Waals surface area contributed by atoms with Crippen molar-refractivity contribution in [1.82, 2.24) is 5.16 Å². The zero-order chi connectivity index (χ0) is 18.2. The van der Waals surface area contributed by atoms with Crippen molar-refractivity contribution in [3.63, 3.8) is 0 Å². The van der Waals surface area contributed by atoms with Gasteiger partial charge in [0.05, 0.1) is 12.0 Å². The van der Waals surface area contributed by atoms with Crippen LogP contribution in [0.25, 0.3) is 11.0 Å². The number of nitrogens with zero attached hydrogens (tertiary/aromatic N) is 1. The summed E-state index contributed by atoms with van der Waals surface area (Å²) in [7, 11) is 0. The van der Waals surface area contributed by atoms with E-state index in [9.17, 15) is 18.0 Å². The highest BCUT2D eigenvalue weighted by Gasteiger charge is 2.30. The fourth-order valence-electron chi connectivity index (χ4n) is 2.77. The lowest BCUT2D eigenvalue weighted by atomic mass is 10.0. The number of aryl methyl sites for hydroxylation is 2. The molecule has 1 N–H and O–H groups in total. The highest BCUT2D eigenvalue weighted by atomic mass is 19.4. The minimum Gasteiger partial charge on any atom is -0.356 e. The Morgan fingerprint density at radius 2 is 1.96 bits per heavy atom. The Labute approximate surface area is 141 Å². The van der Waals surface area contributed by atoms with E-state index >= 15 is 0 Å². The van der Waals surface area contributed by atoms with Crippen LogP contribution in [0.5, 0.6) is 0 Å². The molecule has 0 saturated carbocycles. The molecule has 0 aliphatic rings. The highest BCUT2D eigenvalue weighted by molar-refractivity contribution is 5.95. The number of rotatable bonds is 3. The van der Waals surface area contributed by atoms with Crippen LogP contribution in [0.1, 0.15) is 22.4 Å². The first-order valence-corrected chi connectivity index (χ1v) is 7.56. The number of carbonyl (C=O) groups excluding carboxylic acids is 1. The Morgan fingerprint density at radius 1 is 1.20 bits per heavy atom. The van der Waals surface area contributed by atoms with E-state index in [0.717, 1.165) is 28.6 Å². The fraction of sp³-hybridized carbons (Fsp3) is 0.222. The van der Waals surface area contributed by atoms with Crippen LogP contribution in [-0.4, -0.2) is 11.1 Å². The lowest BCUT2D eigenvalue weighted by Crippen LogP contribution is -2.15. The summed E-state index contributed by atoms with van der Waals surface area (Å²) in [5.41, 5.74) is 2.25. The molecule has 0 bridgehead atoms. The van der Waals surface area contributed by atoms with E-state index in [-0.39, 0.29) is 12.1 Å². The topological polar surface area (TPSA) is 55.1 Å². The Balaban J connectivity index is 1.80. The third-order valence-electron chi connectivity index (χ3n) is 3.79. The van der Waals surface area contributed by atoms with Crippen LogP contribution in [0.15, 0.2) is 40.9 Å². The van der Waals surface area contributed by atoms with E-state index in [2.05, 4.69) is 10.5 Å². The predicted octanol–water partition coefficient (Wildman–Crippen LogP) is 4.64. The first kappa shape index (κ1) is 17.0. The van der Waals surface area contributed by atoms with Crippen LogP contribution >= 0.6 is 0 Å². The minimum absolute atomic E-state index is 0.0835. The molecule has 0 atom stereocenters.